The first-order valence-corrected chi connectivity index (χ1v) is 3.67. The minimum Gasteiger partial charge on any atom is -0.494 e. The predicted molar refractivity (Wildman–Crippen MR) is 42.5 cm³/mol. The van der Waals surface area contributed by atoms with Crippen LogP contribution < -0.4 is 4.74 Å². The van der Waals surface area contributed by atoms with Gasteiger partial charge in [0, 0.05) is 12.5 Å². The first-order valence-electron chi connectivity index (χ1n) is 3.67. The van der Waals surface area contributed by atoms with Crippen LogP contribution >= 0.6 is 0 Å². The fourth-order valence-corrected chi connectivity index (χ4v) is 0.939. The summed E-state index contributed by atoms with van der Waals surface area (Å²) < 4.78 is 42.8. The zero-order valence-electron chi connectivity index (χ0n) is 7.27. The molecule has 0 unspecified atom stereocenters. The zero-order valence-corrected chi connectivity index (χ0v) is 7.27. The summed E-state index contributed by atoms with van der Waals surface area (Å²) in [7, 11) is 1.28. The molecule has 1 aromatic rings. The number of benzene rings is 1. The summed E-state index contributed by atoms with van der Waals surface area (Å²) >= 11 is 0. The Kier molecular flexibility index (Phi) is 2.50. The van der Waals surface area contributed by atoms with Crippen LogP contribution in [0.2, 0.25) is 0 Å². The first-order chi connectivity index (χ1) is 5.95. The van der Waals surface area contributed by atoms with Crippen molar-refractivity contribution in [2.24, 2.45) is 0 Å². The molecule has 0 saturated heterocycles. The van der Waals surface area contributed by atoms with E-state index in [1.165, 1.54) is 13.2 Å². The number of alkyl halides is 2. The van der Waals surface area contributed by atoms with E-state index in [4.69, 9.17) is 0 Å². The normalized spacial score (nSPS) is 11.5. The second-order valence-electron chi connectivity index (χ2n) is 2.74. The molecular formula is C9H9F3O. The minimum atomic E-state index is -3.02. The number of halogens is 3. The van der Waals surface area contributed by atoms with Crippen molar-refractivity contribution in [1.82, 2.24) is 0 Å². The van der Waals surface area contributed by atoms with Gasteiger partial charge in [-0.05, 0) is 18.2 Å². The van der Waals surface area contributed by atoms with Gasteiger partial charge in [-0.2, -0.15) is 0 Å². The van der Waals surface area contributed by atoms with Gasteiger partial charge in [0.1, 0.15) is 0 Å². The topological polar surface area (TPSA) is 9.23 Å². The molecule has 0 atom stereocenters. The van der Waals surface area contributed by atoms with Crippen molar-refractivity contribution in [2.45, 2.75) is 12.8 Å². The van der Waals surface area contributed by atoms with E-state index in [1.807, 2.05) is 0 Å². The van der Waals surface area contributed by atoms with Crippen molar-refractivity contribution in [3.8, 4) is 5.75 Å². The maximum absolute atomic E-state index is 12.9. The van der Waals surface area contributed by atoms with Crippen LogP contribution in [0.15, 0.2) is 18.2 Å². The van der Waals surface area contributed by atoms with Crippen molar-refractivity contribution < 1.29 is 17.9 Å². The van der Waals surface area contributed by atoms with Crippen LogP contribution in [0.1, 0.15) is 12.5 Å². The quantitative estimate of drug-likeness (QED) is 0.696. The van der Waals surface area contributed by atoms with E-state index in [1.54, 1.807) is 0 Å². The van der Waals surface area contributed by atoms with E-state index < -0.39 is 11.7 Å². The number of methoxy groups -OCH3 is 1. The highest BCUT2D eigenvalue weighted by atomic mass is 19.3. The molecule has 0 aliphatic carbocycles. The standard InChI is InChI=1S/C9H9F3O/c1-9(11,12)6-3-4-8(13-2)7(10)5-6/h3-5H,1-2H3. The summed E-state index contributed by atoms with van der Waals surface area (Å²) in [5.74, 6) is -3.83. The Morgan fingerprint density at radius 3 is 2.31 bits per heavy atom. The minimum absolute atomic E-state index is 0.0343. The second kappa shape index (κ2) is 3.28. The molecule has 0 spiro atoms. The molecule has 0 aliphatic heterocycles. The van der Waals surface area contributed by atoms with Gasteiger partial charge in [0.2, 0.25) is 0 Å². The average Bonchev–Trinajstić information content (AvgIpc) is 2.02. The number of rotatable bonds is 2. The molecule has 0 bridgehead atoms. The molecule has 0 N–H and O–H groups in total. The molecule has 72 valence electrons. The number of hydrogen-bond acceptors (Lipinski definition) is 1. The second-order valence-corrected chi connectivity index (χ2v) is 2.74. The molecule has 0 aromatic heterocycles. The average molecular weight is 190 g/mol. The number of hydrogen-bond donors (Lipinski definition) is 0. The Labute approximate surface area is 74.1 Å². The lowest BCUT2D eigenvalue weighted by atomic mass is 10.1. The fourth-order valence-electron chi connectivity index (χ4n) is 0.939. The van der Waals surface area contributed by atoms with Gasteiger partial charge in [0.25, 0.3) is 5.92 Å². The molecule has 1 nitrogen and oxygen atoms in total. The molecule has 0 heterocycles. The summed E-state index contributed by atoms with van der Waals surface area (Å²) in [4.78, 5) is 0. The van der Waals surface area contributed by atoms with Crippen LogP contribution in [-0.2, 0) is 5.92 Å². The summed E-state index contributed by atoms with van der Waals surface area (Å²) in [6.45, 7) is 0.717. The fraction of sp³-hybridized carbons (Fsp3) is 0.333. The van der Waals surface area contributed by atoms with Gasteiger partial charge in [-0.3, -0.25) is 0 Å². The Bertz CT molecular complexity index is 304. The van der Waals surface area contributed by atoms with Gasteiger partial charge >= 0.3 is 0 Å². The molecule has 0 amide bonds. The van der Waals surface area contributed by atoms with Crippen molar-refractivity contribution in [2.75, 3.05) is 7.11 Å². The summed E-state index contributed by atoms with van der Waals surface area (Å²) in [6, 6.07) is 3.10. The lowest BCUT2D eigenvalue weighted by molar-refractivity contribution is 0.0171. The molecule has 0 saturated carbocycles. The molecule has 13 heavy (non-hydrogen) atoms. The Morgan fingerprint density at radius 1 is 1.31 bits per heavy atom. The zero-order chi connectivity index (χ0) is 10.1. The highest BCUT2D eigenvalue weighted by molar-refractivity contribution is 5.31. The van der Waals surface area contributed by atoms with E-state index >= 15 is 0 Å². The number of ether oxygens (including phenoxy) is 1. The smallest absolute Gasteiger partial charge is 0.270 e. The Morgan fingerprint density at radius 2 is 1.92 bits per heavy atom. The molecule has 0 aliphatic rings. The van der Waals surface area contributed by atoms with Crippen LogP contribution in [-0.4, -0.2) is 7.11 Å². The van der Waals surface area contributed by atoms with Crippen LogP contribution in [0.25, 0.3) is 0 Å². The van der Waals surface area contributed by atoms with E-state index in [0.717, 1.165) is 12.1 Å². The van der Waals surface area contributed by atoms with Gasteiger partial charge in [0.05, 0.1) is 7.11 Å². The summed E-state index contributed by atoms with van der Waals surface area (Å²) in [6.07, 6.45) is 0. The third-order valence-corrected chi connectivity index (χ3v) is 1.66. The molecule has 0 radical (unpaired) electrons. The lowest BCUT2D eigenvalue weighted by Gasteiger charge is -2.11. The highest BCUT2D eigenvalue weighted by Gasteiger charge is 2.25. The third-order valence-electron chi connectivity index (χ3n) is 1.66. The largest absolute Gasteiger partial charge is 0.494 e. The summed E-state index contributed by atoms with van der Waals surface area (Å²) in [5, 5.41) is 0. The SMILES string of the molecule is COc1ccc(C(C)(F)F)cc1F. The van der Waals surface area contributed by atoms with Crippen LogP contribution in [0.3, 0.4) is 0 Å². The lowest BCUT2D eigenvalue weighted by Crippen LogP contribution is -2.07. The maximum Gasteiger partial charge on any atom is 0.270 e. The van der Waals surface area contributed by atoms with Crippen LogP contribution in [0.4, 0.5) is 13.2 Å². The summed E-state index contributed by atoms with van der Waals surface area (Å²) in [5.41, 5.74) is -0.356. The van der Waals surface area contributed by atoms with Crippen molar-refractivity contribution in [3.63, 3.8) is 0 Å². The third kappa shape index (κ3) is 2.14. The molecule has 1 rings (SSSR count). The molecule has 1 aromatic carbocycles. The molecular weight excluding hydrogens is 181 g/mol. The molecule has 0 fully saturated rings. The molecule has 4 heteroatoms. The van der Waals surface area contributed by atoms with E-state index in [0.29, 0.717) is 6.92 Å². The highest BCUT2D eigenvalue weighted by Crippen LogP contribution is 2.29. The van der Waals surface area contributed by atoms with E-state index in [2.05, 4.69) is 4.74 Å². The van der Waals surface area contributed by atoms with Gasteiger partial charge < -0.3 is 4.74 Å². The van der Waals surface area contributed by atoms with Crippen molar-refractivity contribution in [3.05, 3.63) is 29.6 Å². The predicted octanol–water partition coefficient (Wildman–Crippen LogP) is 2.95. The van der Waals surface area contributed by atoms with Gasteiger partial charge in [-0.25, -0.2) is 13.2 Å². The monoisotopic (exact) mass is 190 g/mol. The van der Waals surface area contributed by atoms with Gasteiger partial charge in [0.15, 0.2) is 11.6 Å². The van der Waals surface area contributed by atoms with E-state index in [9.17, 15) is 13.2 Å². The van der Waals surface area contributed by atoms with Crippen LogP contribution in [0.5, 0.6) is 5.75 Å². The Balaban J connectivity index is 3.10. The maximum atomic E-state index is 12.9. The van der Waals surface area contributed by atoms with E-state index in [-0.39, 0.29) is 11.3 Å². The van der Waals surface area contributed by atoms with Crippen molar-refractivity contribution in [1.29, 1.82) is 0 Å². The van der Waals surface area contributed by atoms with Gasteiger partial charge in [-0.1, -0.05) is 0 Å². The van der Waals surface area contributed by atoms with Crippen LogP contribution in [0, 0.1) is 5.82 Å². The van der Waals surface area contributed by atoms with Gasteiger partial charge in [-0.15, -0.1) is 0 Å². The first kappa shape index (κ1) is 9.89. The Hall–Kier alpha value is -1.19. The van der Waals surface area contributed by atoms with Crippen molar-refractivity contribution >= 4 is 0 Å².